The number of benzene rings is 6. The summed E-state index contributed by atoms with van der Waals surface area (Å²) in [5.41, 5.74) is 2.98. The van der Waals surface area contributed by atoms with Crippen LogP contribution in [0.25, 0.3) is 78.0 Å². The second-order valence-electron chi connectivity index (χ2n) is 10.3. The Labute approximate surface area is 264 Å². The van der Waals surface area contributed by atoms with Crippen molar-refractivity contribution >= 4 is 43.6 Å². The van der Waals surface area contributed by atoms with Gasteiger partial charge in [-0.05, 0) is 24.2 Å². The first kappa shape index (κ1) is 17.8. The van der Waals surface area contributed by atoms with E-state index in [1.165, 1.54) is 12.1 Å². The standard InChI is InChI=1S/C39H25N5/c1-4-14-26(15-5-1)37-40-38(27-16-6-2-7-17-27)42-39(41-37)44-34-23-13-11-21-30(34)32-25-24-31-29-20-10-12-22-33(29)43(35(31)36(32)44)28-18-8-3-9-19-28/h1-25H/i10D,11D,20D,21D,22D,23D,24D,25D. The molecule has 0 aliphatic rings. The Kier molecular flexibility index (Phi) is 3.94. The Morgan fingerprint density at radius 2 is 0.909 bits per heavy atom. The number of rotatable bonds is 4. The fourth-order valence-electron chi connectivity index (χ4n) is 5.84. The smallest absolute Gasteiger partial charge is 0.238 e. The van der Waals surface area contributed by atoms with Gasteiger partial charge in [0.1, 0.15) is 0 Å². The summed E-state index contributed by atoms with van der Waals surface area (Å²) < 4.78 is 75.8. The molecule has 6 aromatic carbocycles. The van der Waals surface area contributed by atoms with Crippen molar-refractivity contribution in [2.24, 2.45) is 0 Å². The van der Waals surface area contributed by atoms with Crippen molar-refractivity contribution in [2.45, 2.75) is 0 Å². The first-order chi connectivity index (χ1) is 25.2. The van der Waals surface area contributed by atoms with E-state index < -0.39 is 0 Å². The van der Waals surface area contributed by atoms with Crippen LogP contribution in [0.1, 0.15) is 11.0 Å². The fraction of sp³-hybridized carbons (Fsp3) is 0. The van der Waals surface area contributed by atoms with Crippen LogP contribution >= 0.6 is 0 Å². The zero-order valence-corrected chi connectivity index (χ0v) is 23.1. The van der Waals surface area contributed by atoms with E-state index in [0.717, 1.165) is 0 Å². The van der Waals surface area contributed by atoms with E-state index in [0.29, 0.717) is 34.0 Å². The molecule has 0 amide bonds. The van der Waals surface area contributed by atoms with Crippen molar-refractivity contribution in [2.75, 3.05) is 0 Å². The number of hydrogen-bond donors (Lipinski definition) is 0. The third kappa shape index (κ3) is 3.69. The van der Waals surface area contributed by atoms with Gasteiger partial charge in [0.25, 0.3) is 0 Å². The van der Waals surface area contributed by atoms with Crippen LogP contribution in [0.2, 0.25) is 0 Å². The van der Waals surface area contributed by atoms with Crippen LogP contribution in [0, 0.1) is 0 Å². The van der Waals surface area contributed by atoms with E-state index >= 15 is 0 Å². The van der Waals surface area contributed by atoms with Crippen molar-refractivity contribution in [3.8, 4) is 34.4 Å². The third-order valence-electron chi connectivity index (χ3n) is 7.74. The lowest BCUT2D eigenvalue weighted by Crippen LogP contribution is -2.07. The number of aromatic nitrogens is 5. The van der Waals surface area contributed by atoms with Crippen LogP contribution in [0.5, 0.6) is 0 Å². The van der Waals surface area contributed by atoms with Gasteiger partial charge in [-0.25, -0.2) is 4.98 Å². The molecule has 0 fully saturated rings. The number of para-hydroxylation sites is 3. The minimum atomic E-state index is -0.293. The van der Waals surface area contributed by atoms with Crippen molar-refractivity contribution in [3.63, 3.8) is 0 Å². The van der Waals surface area contributed by atoms with Gasteiger partial charge in [0.05, 0.1) is 33.0 Å². The largest absolute Gasteiger partial charge is 0.307 e. The van der Waals surface area contributed by atoms with Gasteiger partial charge in [-0.1, -0.05) is 127 Å². The molecular weight excluding hydrogens is 538 g/mol. The molecule has 206 valence electrons. The van der Waals surface area contributed by atoms with E-state index in [4.69, 9.17) is 21.8 Å². The second kappa shape index (κ2) is 9.75. The van der Waals surface area contributed by atoms with Gasteiger partial charge in [-0.15, -0.1) is 0 Å². The highest BCUT2D eigenvalue weighted by Crippen LogP contribution is 2.41. The Morgan fingerprint density at radius 1 is 0.432 bits per heavy atom. The molecule has 0 unspecified atom stereocenters. The van der Waals surface area contributed by atoms with Crippen molar-refractivity contribution < 1.29 is 11.0 Å². The molecule has 0 aliphatic carbocycles. The van der Waals surface area contributed by atoms with Gasteiger partial charge in [0, 0.05) is 38.4 Å². The summed E-state index contributed by atoms with van der Waals surface area (Å²) in [6.07, 6.45) is 0. The molecular formula is C39H25N5. The van der Waals surface area contributed by atoms with Gasteiger partial charge in [-0.3, -0.25) is 4.57 Å². The summed E-state index contributed by atoms with van der Waals surface area (Å²) >= 11 is 0. The topological polar surface area (TPSA) is 48.5 Å². The van der Waals surface area contributed by atoms with Crippen molar-refractivity contribution in [3.05, 3.63) is 151 Å². The summed E-state index contributed by atoms with van der Waals surface area (Å²) in [5.74, 6) is 0.732. The van der Waals surface area contributed by atoms with Crippen LogP contribution < -0.4 is 0 Å². The molecule has 0 saturated carbocycles. The highest BCUT2D eigenvalue weighted by Gasteiger charge is 2.23. The molecule has 9 aromatic rings. The zero-order chi connectivity index (χ0) is 36.0. The minimum Gasteiger partial charge on any atom is -0.307 e. The second-order valence-corrected chi connectivity index (χ2v) is 10.3. The molecule has 0 spiro atoms. The van der Waals surface area contributed by atoms with Gasteiger partial charge < -0.3 is 4.57 Å². The lowest BCUT2D eigenvalue weighted by Gasteiger charge is -2.13. The normalized spacial score (nSPS) is 14.2. The number of hydrogen-bond acceptors (Lipinski definition) is 3. The molecule has 5 nitrogen and oxygen atoms in total. The van der Waals surface area contributed by atoms with Crippen molar-refractivity contribution in [1.29, 1.82) is 0 Å². The first-order valence-electron chi connectivity index (χ1n) is 18.1. The summed E-state index contributed by atoms with van der Waals surface area (Å²) in [7, 11) is 0. The van der Waals surface area contributed by atoms with Crippen LogP contribution in [0.15, 0.2) is 151 Å². The number of nitrogens with zero attached hydrogens (tertiary/aromatic N) is 5. The fourth-order valence-corrected chi connectivity index (χ4v) is 5.84. The lowest BCUT2D eigenvalue weighted by atomic mass is 10.1. The molecule has 9 rings (SSSR count). The van der Waals surface area contributed by atoms with Crippen LogP contribution in [0.4, 0.5) is 0 Å². The first-order valence-corrected chi connectivity index (χ1v) is 14.1. The third-order valence-corrected chi connectivity index (χ3v) is 7.74. The summed E-state index contributed by atoms with van der Waals surface area (Å²) in [6.45, 7) is 0. The molecule has 0 bridgehead atoms. The van der Waals surface area contributed by atoms with Crippen LogP contribution in [-0.4, -0.2) is 24.1 Å². The quantitative estimate of drug-likeness (QED) is 0.211. The Bertz CT molecular complexity index is 2870. The van der Waals surface area contributed by atoms with E-state index in [2.05, 4.69) is 0 Å². The highest BCUT2D eigenvalue weighted by molar-refractivity contribution is 6.23. The minimum absolute atomic E-state index is 0.0495. The van der Waals surface area contributed by atoms with E-state index in [1.807, 2.05) is 91.0 Å². The molecule has 0 radical (unpaired) electrons. The highest BCUT2D eigenvalue weighted by atomic mass is 15.2. The zero-order valence-electron chi connectivity index (χ0n) is 31.1. The monoisotopic (exact) mass is 571 g/mol. The molecule has 5 heteroatoms. The molecule has 44 heavy (non-hydrogen) atoms. The summed E-state index contributed by atoms with van der Waals surface area (Å²) in [4.78, 5) is 14.7. The Balaban J connectivity index is 1.60. The van der Waals surface area contributed by atoms with E-state index in [1.54, 1.807) is 9.13 Å². The molecule has 3 heterocycles. The van der Waals surface area contributed by atoms with Gasteiger partial charge in [-0.2, -0.15) is 9.97 Å². The average molecular weight is 572 g/mol. The predicted molar refractivity (Wildman–Crippen MR) is 179 cm³/mol. The van der Waals surface area contributed by atoms with Crippen LogP contribution in [-0.2, 0) is 0 Å². The van der Waals surface area contributed by atoms with E-state index in [-0.39, 0.29) is 92.4 Å². The lowest BCUT2D eigenvalue weighted by molar-refractivity contribution is 0.953. The van der Waals surface area contributed by atoms with Gasteiger partial charge in [0.15, 0.2) is 11.6 Å². The summed E-state index contributed by atoms with van der Waals surface area (Å²) in [5, 5.41) is 0.571. The summed E-state index contributed by atoms with van der Waals surface area (Å²) in [6, 6.07) is 28.8. The number of fused-ring (bicyclic) bond motifs is 7. The Hall–Kier alpha value is -6.07. The van der Waals surface area contributed by atoms with Gasteiger partial charge in [0.2, 0.25) is 5.95 Å². The molecule has 0 aliphatic heterocycles. The molecule has 3 aromatic heterocycles. The van der Waals surface area contributed by atoms with Crippen LogP contribution in [0.3, 0.4) is 0 Å². The van der Waals surface area contributed by atoms with Crippen molar-refractivity contribution in [1.82, 2.24) is 24.1 Å². The SMILES string of the molecule is [2H]c1cc([2H])c2c(c1[2H])c1c([2H])c([2H])c3c4c([2H])c([2H])cc([2H])c4n(-c4nc(-c5ccccc5)nc(-c5ccccc5)n4)c3c1n2-c1ccccc1. The Morgan fingerprint density at radius 3 is 1.45 bits per heavy atom. The molecule has 0 saturated heterocycles. The molecule has 0 atom stereocenters. The average Bonchev–Trinajstić information content (AvgIpc) is 3.72. The van der Waals surface area contributed by atoms with Gasteiger partial charge >= 0.3 is 0 Å². The molecule has 0 N–H and O–H groups in total. The maximum absolute atomic E-state index is 9.46. The van der Waals surface area contributed by atoms with E-state index in [9.17, 15) is 4.11 Å². The maximum Gasteiger partial charge on any atom is 0.238 e. The predicted octanol–water partition coefficient (Wildman–Crippen LogP) is 9.40. The maximum atomic E-state index is 9.46.